The van der Waals surface area contributed by atoms with Crippen molar-refractivity contribution in [2.75, 3.05) is 32.8 Å². The molecule has 0 radical (unpaired) electrons. The highest BCUT2D eigenvalue weighted by molar-refractivity contribution is 5.95. The predicted octanol–water partition coefficient (Wildman–Crippen LogP) is 3.09. The molecule has 134 valence electrons. The van der Waals surface area contributed by atoms with Crippen LogP contribution in [-0.4, -0.2) is 49.7 Å². The maximum absolute atomic E-state index is 12.5. The smallest absolute Gasteiger partial charge is 0.251 e. The average molecular weight is 334 g/mol. The first-order valence-corrected chi connectivity index (χ1v) is 9.10. The average Bonchev–Trinajstić information content (AvgIpc) is 2.59. The summed E-state index contributed by atoms with van der Waals surface area (Å²) in [6.45, 7) is 10.4. The Morgan fingerprint density at radius 3 is 2.42 bits per heavy atom. The summed E-state index contributed by atoms with van der Waals surface area (Å²) in [4.78, 5) is 15.0. The molecule has 1 N–H and O–H groups in total. The SMILES string of the molecule is CCCN1CCC(NC(=O)c2ccc(OCC)c(OCC)c2)CC1. The van der Waals surface area contributed by atoms with Crippen LogP contribution in [0.2, 0.25) is 0 Å². The van der Waals surface area contributed by atoms with E-state index in [1.807, 2.05) is 19.9 Å². The maximum Gasteiger partial charge on any atom is 0.251 e. The molecule has 2 rings (SSSR count). The molecule has 1 saturated heterocycles. The van der Waals surface area contributed by atoms with Gasteiger partial charge >= 0.3 is 0 Å². The zero-order valence-electron chi connectivity index (χ0n) is 15.1. The van der Waals surface area contributed by atoms with E-state index >= 15 is 0 Å². The van der Waals surface area contributed by atoms with E-state index in [9.17, 15) is 4.79 Å². The Morgan fingerprint density at radius 2 is 1.79 bits per heavy atom. The standard InChI is InChI=1S/C19H30N2O3/c1-4-11-21-12-9-16(10-13-21)20-19(22)15-7-8-17(23-5-2)18(14-15)24-6-3/h7-8,14,16H,4-6,9-13H2,1-3H3,(H,20,22). The van der Waals surface area contributed by atoms with Crippen LogP contribution in [0.5, 0.6) is 11.5 Å². The second-order valence-corrected chi connectivity index (χ2v) is 6.12. The van der Waals surface area contributed by atoms with Gasteiger partial charge in [-0.2, -0.15) is 0 Å². The first kappa shape index (κ1) is 18.6. The van der Waals surface area contributed by atoms with Crippen LogP contribution in [0.15, 0.2) is 18.2 Å². The second kappa shape index (κ2) is 9.52. The molecule has 24 heavy (non-hydrogen) atoms. The first-order valence-electron chi connectivity index (χ1n) is 9.10. The van der Waals surface area contributed by atoms with Gasteiger partial charge in [-0.1, -0.05) is 6.92 Å². The second-order valence-electron chi connectivity index (χ2n) is 6.12. The summed E-state index contributed by atoms with van der Waals surface area (Å²) < 4.78 is 11.1. The number of carbonyl (C=O) groups is 1. The fourth-order valence-electron chi connectivity index (χ4n) is 3.08. The van der Waals surface area contributed by atoms with Gasteiger partial charge in [-0.3, -0.25) is 4.79 Å². The highest BCUT2D eigenvalue weighted by atomic mass is 16.5. The Morgan fingerprint density at radius 1 is 1.12 bits per heavy atom. The number of benzene rings is 1. The molecule has 1 fully saturated rings. The van der Waals surface area contributed by atoms with Crippen LogP contribution in [0.25, 0.3) is 0 Å². The van der Waals surface area contributed by atoms with Gasteiger partial charge in [0.1, 0.15) is 0 Å². The molecule has 1 aliphatic heterocycles. The molecule has 0 atom stereocenters. The Balaban J connectivity index is 1.96. The highest BCUT2D eigenvalue weighted by Crippen LogP contribution is 2.28. The van der Waals surface area contributed by atoms with Gasteiger partial charge in [-0.25, -0.2) is 0 Å². The molecule has 0 unspecified atom stereocenters. The van der Waals surface area contributed by atoms with Gasteiger partial charge in [0.05, 0.1) is 13.2 Å². The van der Waals surface area contributed by atoms with Crippen LogP contribution < -0.4 is 14.8 Å². The van der Waals surface area contributed by atoms with E-state index in [2.05, 4.69) is 17.1 Å². The van der Waals surface area contributed by atoms with Gasteiger partial charge in [0.2, 0.25) is 0 Å². The molecular formula is C19H30N2O3. The number of rotatable bonds is 8. The number of likely N-dealkylation sites (tertiary alicyclic amines) is 1. The Bertz CT molecular complexity index is 525. The number of piperidine rings is 1. The normalized spacial score (nSPS) is 16.0. The van der Waals surface area contributed by atoms with Crippen molar-refractivity contribution >= 4 is 5.91 Å². The van der Waals surface area contributed by atoms with Gasteiger partial charge in [0, 0.05) is 24.7 Å². The third-order valence-corrected chi connectivity index (χ3v) is 4.27. The van der Waals surface area contributed by atoms with E-state index in [1.165, 1.54) is 6.42 Å². The molecule has 0 saturated carbocycles. The van der Waals surface area contributed by atoms with Crippen LogP contribution in [0, 0.1) is 0 Å². The Labute approximate surface area is 145 Å². The van der Waals surface area contributed by atoms with E-state index in [-0.39, 0.29) is 11.9 Å². The third-order valence-electron chi connectivity index (χ3n) is 4.27. The van der Waals surface area contributed by atoms with E-state index in [1.54, 1.807) is 12.1 Å². The van der Waals surface area contributed by atoms with Crippen molar-refractivity contribution in [1.29, 1.82) is 0 Å². The fraction of sp³-hybridized carbons (Fsp3) is 0.632. The molecule has 1 heterocycles. The van der Waals surface area contributed by atoms with Gasteiger partial charge in [0.15, 0.2) is 11.5 Å². The monoisotopic (exact) mass is 334 g/mol. The van der Waals surface area contributed by atoms with Crippen LogP contribution in [0.4, 0.5) is 0 Å². The molecular weight excluding hydrogens is 304 g/mol. The van der Waals surface area contributed by atoms with E-state index < -0.39 is 0 Å². The van der Waals surface area contributed by atoms with E-state index in [0.29, 0.717) is 30.3 Å². The van der Waals surface area contributed by atoms with Crippen LogP contribution >= 0.6 is 0 Å². The third kappa shape index (κ3) is 5.13. The summed E-state index contributed by atoms with van der Waals surface area (Å²) in [5, 5.41) is 3.16. The number of hydrogen-bond acceptors (Lipinski definition) is 4. The van der Waals surface area contributed by atoms with Crippen LogP contribution in [-0.2, 0) is 0 Å². The zero-order chi connectivity index (χ0) is 17.4. The summed E-state index contributed by atoms with van der Waals surface area (Å²) in [5.74, 6) is 1.28. The molecule has 1 aromatic rings. The topological polar surface area (TPSA) is 50.8 Å². The lowest BCUT2D eigenvalue weighted by Crippen LogP contribution is -2.44. The van der Waals surface area contributed by atoms with Gasteiger partial charge in [-0.15, -0.1) is 0 Å². The minimum atomic E-state index is -0.0343. The molecule has 0 spiro atoms. The number of hydrogen-bond donors (Lipinski definition) is 1. The fourth-order valence-corrected chi connectivity index (χ4v) is 3.08. The van der Waals surface area contributed by atoms with Gasteiger partial charge in [0.25, 0.3) is 5.91 Å². The maximum atomic E-state index is 12.5. The molecule has 1 aromatic carbocycles. The molecule has 1 amide bonds. The largest absolute Gasteiger partial charge is 0.490 e. The lowest BCUT2D eigenvalue weighted by Gasteiger charge is -2.32. The quantitative estimate of drug-likeness (QED) is 0.794. The highest BCUT2D eigenvalue weighted by Gasteiger charge is 2.21. The van der Waals surface area contributed by atoms with Crippen LogP contribution in [0.3, 0.4) is 0 Å². The lowest BCUT2D eigenvalue weighted by molar-refractivity contribution is 0.0910. The number of amides is 1. The first-order chi connectivity index (χ1) is 11.7. The van der Waals surface area contributed by atoms with E-state index in [4.69, 9.17) is 9.47 Å². The molecule has 5 nitrogen and oxygen atoms in total. The molecule has 0 aliphatic carbocycles. The minimum absolute atomic E-state index is 0.0343. The van der Waals surface area contributed by atoms with Crippen molar-refractivity contribution in [2.24, 2.45) is 0 Å². The summed E-state index contributed by atoms with van der Waals surface area (Å²) in [7, 11) is 0. The van der Waals surface area contributed by atoms with Crippen molar-refractivity contribution in [3.63, 3.8) is 0 Å². The number of nitrogens with one attached hydrogen (secondary N) is 1. The summed E-state index contributed by atoms with van der Waals surface area (Å²) >= 11 is 0. The Kier molecular flexibility index (Phi) is 7.37. The zero-order valence-corrected chi connectivity index (χ0v) is 15.1. The summed E-state index contributed by atoms with van der Waals surface area (Å²) in [6, 6.07) is 5.64. The van der Waals surface area contributed by atoms with Crippen molar-refractivity contribution in [3.8, 4) is 11.5 Å². The van der Waals surface area contributed by atoms with Gasteiger partial charge in [-0.05, 0) is 57.9 Å². The van der Waals surface area contributed by atoms with Crippen molar-refractivity contribution in [2.45, 2.75) is 46.1 Å². The Hall–Kier alpha value is -1.75. The molecule has 0 bridgehead atoms. The predicted molar refractivity (Wildman–Crippen MR) is 96.0 cm³/mol. The van der Waals surface area contributed by atoms with Gasteiger partial charge < -0.3 is 19.7 Å². The summed E-state index contributed by atoms with van der Waals surface area (Å²) in [6.07, 6.45) is 3.21. The molecule has 5 heteroatoms. The molecule has 0 aromatic heterocycles. The summed E-state index contributed by atoms with van der Waals surface area (Å²) in [5.41, 5.74) is 0.623. The van der Waals surface area contributed by atoms with Crippen LogP contribution in [0.1, 0.15) is 50.4 Å². The van der Waals surface area contributed by atoms with E-state index in [0.717, 1.165) is 32.5 Å². The number of nitrogens with zero attached hydrogens (tertiary/aromatic N) is 1. The van der Waals surface area contributed by atoms with Crippen molar-refractivity contribution in [1.82, 2.24) is 10.2 Å². The lowest BCUT2D eigenvalue weighted by atomic mass is 10.0. The van der Waals surface area contributed by atoms with Crippen molar-refractivity contribution in [3.05, 3.63) is 23.8 Å². The van der Waals surface area contributed by atoms with Crippen molar-refractivity contribution < 1.29 is 14.3 Å². The minimum Gasteiger partial charge on any atom is -0.490 e. The number of carbonyl (C=O) groups excluding carboxylic acids is 1. The molecule has 1 aliphatic rings. The number of ether oxygens (including phenoxy) is 2.